The maximum Gasteiger partial charge on any atom is 0.0332 e. The van der Waals surface area contributed by atoms with Crippen LogP contribution in [0, 0.1) is 13.8 Å². The number of hydrogen-bond acceptors (Lipinski definition) is 2. The molecule has 2 unspecified atom stereocenters. The molecule has 0 aliphatic heterocycles. The second-order valence-corrected chi connectivity index (χ2v) is 6.44. The van der Waals surface area contributed by atoms with E-state index in [1.54, 1.807) is 0 Å². The monoisotopic (exact) mass is 290 g/mol. The standard InChI is InChI=1S/C19H34N2/c1-7-9-17(5)21(6)11-10-19(20-8-2)18-13-15(3)12-16(4)14-18/h12-14,17,19-20H,7-11H2,1-6H3. The van der Waals surface area contributed by atoms with Crippen LogP contribution in [0.2, 0.25) is 0 Å². The number of nitrogens with one attached hydrogen (secondary N) is 1. The number of hydrogen-bond donors (Lipinski definition) is 1. The molecular weight excluding hydrogens is 256 g/mol. The minimum atomic E-state index is 0.463. The summed E-state index contributed by atoms with van der Waals surface area (Å²) in [5.74, 6) is 0. The van der Waals surface area contributed by atoms with Gasteiger partial charge >= 0.3 is 0 Å². The smallest absolute Gasteiger partial charge is 0.0332 e. The van der Waals surface area contributed by atoms with Crippen molar-refractivity contribution >= 4 is 0 Å². The van der Waals surface area contributed by atoms with Gasteiger partial charge in [0.2, 0.25) is 0 Å². The molecule has 1 aromatic carbocycles. The van der Waals surface area contributed by atoms with Crippen LogP contribution in [0.3, 0.4) is 0 Å². The molecule has 0 amide bonds. The molecule has 0 heterocycles. The number of benzene rings is 1. The molecule has 2 nitrogen and oxygen atoms in total. The van der Waals surface area contributed by atoms with Crippen molar-refractivity contribution < 1.29 is 0 Å². The predicted molar refractivity (Wildman–Crippen MR) is 94.0 cm³/mol. The van der Waals surface area contributed by atoms with Crippen molar-refractivity contribution in [2.24, 2.45) is 0 Å². The van der Waals surface area contributed by atoms with E-state index in [2.05, 4.69) is 70.1 Å². The molecular formula is C19H34N2. The Morgan fingerprint density at radius 1 is 1.05 bits per heavy atom. The molecule has 2 atom stereocenters. The van der Waals surface area contributed by atoms with Gasteiger partial charge in [-0.15, -0.1) is 0 Å². The molecule has 1 aromatic rings. The van der Waals surface area contributed by atoms with E-state index >= 15 is 0 Å². The van der Waals surface area contributed by atoms with Crippen LogP contribution in [0.25, 0.3) is 0 Å². The average Bonchev–Trinajstić information content (AvgIpc) is 2.42. The van der Waals surface area contributed by atoms with E-state index in [4.69, 9.17) is 0 Å². The maximum absolute atomic E-state index is 3.65. The summed E-state index contributed by atoms with van der Waals surface area (Å²) in [6, 6.07) is 8.05. The van der Waals surface area contributed by atoms with Crippen molar-refractivity contribution in [3.8, 4) is 0 Å². The first-order valence-electron chi connectivity index (χ1n) is 8.49. The van der Waals surface area contributed by atoms with E-state index in [0.717, 1.165) is 13.1 Å². The van der Waals surface area contributed by atoms with Gasteiger partial charge in [-0.05, 0) is 59.3 Å². The van der Waals surface area contributed by atoms with Gasteiger partial charge in [-0.2, -0.15) is 0 Å². The van der Waals surface area contributed by atoms with Crippen LogP contribution in [0.15, 0.2) is 18.2 Å². The van der Waals surface area contributed by atoms with Crippen molar-refractivity contribution in [1.29, 1.82) is 0 Å². The molecule has 0 aromatic heterocycles. The van der Waals surface area contributed by atoms with Crippen molar-refractivity contribution in [2.75, 3.05) is 20.1 Å². The van der Waals surface area contributed by atoms with E-state index in [9.17, 15) is 0 Å². The largest absolute Gasteiger partial charge is 0.310 e. The lowest BCUT2D eigenvalue weighted by atomic mass is 9.98. The second-order valence-electron chi connectivity index (χ2n) is 6.44. The molecule has 1 N–H and O–H groups in total. The van der Waals surface area contributed by atoms with Gasteiger partial charge in [-0.1, -0.05) is 49.6 Å². The molecule has 120 valence electrons. The third-order valence-corrected chi connectivity index (χ3v) is 4.33. The summed E-state index contributed by atoms with van der Waals surface area (Å²) in [5.41, 5.74) is 4.16. The minimum Gasteiger partial charge on any atom is -0.310 e. The van der Waals surface area contributed by atoms with Crippen LogP contribution < -0.4 is 5.32 Å². The molecule has 2 heteroatoms. The summed E-state index contributed by atoms with van der Waals surface area (Å²) < 4.78 is 0. The van der Waals surface area contributed by atoms with E-state index < -0.39 is 0 Å². The highest BCUT2D eigenvalue weighted by Gasteiger charge is 2.14. The van der Waals surface area contributed by atoms with Gasteiger partial charge in [0.25, 0.3) is 0 Å². The summed E-state index contributed by atoms with van der Waals surface area (Å²) >= 11 is 0. The van der Waals surface area contributed by atoms with E-state index in [1.807, 2.05) is 0 Å². The fourth-order valence-corrected chi connectivity index (χ4v) is 3.04. The zero-order valence-corrected chi connectivity index (χ0v) is 14.9. The Labute approximate surface area is 131 Å². The summed E-state index contributed by atoms with van der Waals surface area (Å²) in [6.45, 7) is 13.3. The molecule has 21 heavy (non-hydrogen) atoms. The Bertz CT molecular complexity index is 394. The van der Waals surface area contributed by atoms with Gasteiger partial charge in [0.15, 0.2) is 0 Å². The van der Waals surface area contributed by atoms with Crippen molar-refractivity contribution in [3.63, 3.8) is 0 Å². The molecule has 0 radical (unpaired) electrons. The zero-order valence-electron chi connectivity index (χ0n) is 14.9. The first kappa shape index (κ1) is 18.2. The summed E-state index contributed by atoms with van der Waals surface area (Å²) in [4.78, 5) is 2.50. The van der Waals surface area contributed by atoms with E-state index in [0.29, 0.717) is 12.1 Å². The summed E-state index contributed by atoms with van der Waals surface area (Å²) in [7, 11) is 2.25. The average molecular weight is 290 g/mol. The lowest BCUT2D eigenvalue weighted by Crippen LogP contribution is -2.33. The molecule has 0 spiro atoms. The van der Waals surface area contributed by atoms with Gasteiger partial charge in [-0.3, -0.25) is 0 Å². The first-order valence-corrected chi connectivity index (χ1v) is 8.49. The minimum absolute atomic E-state index is 0.463. The fraction of sp³-hybridized carbons (Fsp3) is 0.684. The predicted octanol–water partition coefficient (Wildman–Crippen LogP) is 4.46. The molecule has 0 aliphatic rings. The van der Waals surface area contributed by atoms with Gasteiger partial charge in [0, 0.05) is 12.1 Å². The van der Waals surface area contributed by atoms with Crippen LogP contribution in [-0.4, -0.2) is 31.1 Å². The quantitative estimate of drug-likeness (QED) is 0.722. The lowest BCUT2D eigenvalue weighted by Gasteiger charge is -2.27. The molecule has 0 bridgehead atoms. The third kappa shape index (κ3) is 6.19. The van der Waals surface area contributed by atoms with E-state index in [1.165, 1.54) is 36.0 Å². The Balaban J connectivity index is 2.69. The zero-order chi connectivity index (χ0) is 15.8. The van der Waals surface area contributed by atoms with Crippen molar-refractivity contribution in [3.05, 3.63) is 34.9 Å². The van der Waals surface area contributed by atoms with Crippen molar-refractivity contribution in [2.45, 2.75) is 66.0 Å². The van der Waals surface area contributed by atoms with E-state index in [-0.39, 0.29) is 0 Å². The normalized spacial score (nSPS) is 14.4. The van der Waals surface area contributed by atoms with Gasteiger partial charge < -0.3 is 10.2 Å². The highest BCUT2D eigenvalue weighted by molar-refractivity contribution is 5.30. The summed E-state index contributed by atoms with van der Waals surface area (Å²) in [5, 5.41) is 3.65. The summed E-state index contributed by atoms with van der Waals surface area (Å²) in [6.07, 6.45) is 3.71. The van der Waals surface area contributed by atoms with Crippen LogP contribution >= 0.6 is 0 Å². The molecule has 0 saturated carbocycles. The van der Waals surface area contributed by atoms with Crippen LogP contribution in [0.4, 0.5) is 0 Å². The molecule has 0 aliphatic carbocycles. The number of rotatable bonds is 9. The number of nitrogens with zero attached hydrogens (tertiary/aromatic N) is 1. The fourth-order valence-electron chi connectivity index (χ4n) is 3.04. The Hall–Kier alpha value is -0.860. The lowest BCUT2D eigenvalue weighted by molar-refractivity contribution is 0.231. The van der Waals surface area contributed by atoms with Gasteiger partial charge in [0.05, 0.1) is 0 Å². The van der Waals surface area contributed by atoms with Crippen LogP contribution in [-0.2, 0) is 0 Å². The highest BCUT2D eigenvalue weighted by atomic mass is 15.1. The Morgan fingerprint density at radius 2 is 1.67 bits per heavy atom. The number of aryl methyl sites for hydroxylation is 2. The highest BCUT2D eigenvalue weighted by Crippen LogP contribution is 2.21. The topological polar surface area (TPSA) is 15.3 Å². The molecule has 0 fully saturated rings. The molecule has 0 saturated heterocycles. The van der Waals surface area contributed by atoms with Gasteiger partial charge in [-0.25, -0.2) is 0 Å². The van der Waals surface area contributed by atoms with Gasteiger partial charge in [0.1, 0.15) is 0 Å². The SMILES string of the molecule is CCCC(C)N(C)CCC(NCC)c1cc(C)cc(C)c1. The van der Waals surface area contributed by atoms with Crippen molar-refractivity contribution in [1.82, 2.24) is 10.2 Å². The Morgan fingerprint density at radius 3 is 2.19 bits per heavy atom. The maximum atomic E-state index is 3.65. The van der Waals surface area contributed by atoms with Crippen LogP contribution in [0.5, 0.6) is 0 Å². The second kappa shape index (κ2) is 9.22. The first-order chi connectivity index (χ1) is 9.97. The third-order valence-electron chi connectivity index (χ3n) is 4.33. The van der Waals surface area contributed by atoms with Crippen LogP contribution in [0.1, 0.15) is 62.8 Å². The molecule has 1 rings (SSSR count). The Kier molecular flexibility index (Phi) is 7.98.